The molecule has 0 bridgehead atoms. The third-order valence-corrected chi connectivity index (χ3v) is 2.34. The summed E-state index contributed by atoms with van der Waals surface area (Å²) in [5.41, 5.74) is 5.66. The number of anilines is 1. The Balaban J connectivity index is 2.15. The predicted molar refractivity (Wildman–Crippen MR) is 55.6 cm³/mol. The molecule has 1 unspecified atom stereocenters. The zero-order valence-corrected chi connectivity index (χ0v) is 8.27. The minimum atomic E-state index is -0.468. The van der Waals surface area contributed by atoms with E-state index in [0.717, 1.165) is 13.0 Å². The van der Waals surface area contributed by atoms with Gasteiger partial charge in [-0.1, -0.05) is 0 Å². The largest absolute Gasteiger partial charge is 0.379 e. The number of nitrogens with one attached hydrogen (secondary N) is 1. The molecule has 1 fully saturated rings. The first kappa shape index (κ1) is 9.92. The van der Waals surface area contributed by atoms with Crippen LogP contribution in [0.4, 0.5) is 5.82 Å². The fourth-order valence-electron chi connectivity index (χ4n) is 1.56. The van der Waals surface area contributed by atoms with Crippen molar-refractivity contribution in [2.45, 2.75) is 12.5 Å². The number of aromatic nitrogens is 1. The average molecular weight is 207 g/mol. The molecule has 2 rings (SSSR count). The van der Waals surface area contributed by atoms with Crippen molar-refractivity contribution in [1.82, 2.24) is 4.98 Å². The van der Waals surface area contributed by atoms with Gasteiger partial charge in [-0.05, 0) is 18.6 Å². The van der Waals surface area contributed by atoms with Crippen molar-refractivity contribution < 1.29 is 9.53 Å². The lowest BCUT2D eigenvalue weighted by molar-refractivity contribution is 0.100. The van der Waals surface area contributed by atoms with Crippen LogP contribution < -0.4 is 11.1 Å². The number of ether oxygens (including phenoxy) is 1. The molecule has 0 aromatic carbocycles. The van der Waals surface area contributed by atoms with E-state index in [1.54, 1.807) is 18.3 Å². The Morgan fingerprint density at radius 3 is 3.20 bits per heavy atom. The molecule has 2 heterocycles. The van der Waals surface area contributed by atoms with Crippen LogP contribution >= 0.6 is 0 Å². The van der Waals surface area contributed by atoms with Crippen molar-refractivity contribution in [2.24, 2.45) is 5.73 Å². The van der Waals surface area contributed by atoms with Gasteiger partial charge in [0, 0.05) is 12.8 Å². The number of primary amides is 1. The molecule has 5 nitrogen and oxygen atoms in total. The van der Waals surface area contributed by atoms with E-state index < -0.39 is 5.91 Å². The highest BCUT2D eigenvalue weighted by Crippen LogP contribution is 2.15. The van der Waals surface area contributed by atoms with Gasteiger partial charge in [0.15, 0.2) is 0 Å². The van der Waals surface area contributed by atoms with Gasteiger partial charge in [-0.25, -0.2) is 4.98 Å². The van der Waals surface area contributed by atoms with Gasteiger partial charge in [-0.2, -0.15) is 0 Å². The molecule has 1 amide bonds. The zero-order valence-electron chi connectivity index (χ0n) is 8.27. The van der Waals surface area contributed by atoms with Gasteiger partial charge >= 0.3 is 0 Å². The van der Waals surface area contributed by atoms with E-state index in [1.165, 1.54) is 0 Å². The van der Waals surface area contributed by atoms with Crippen molar-refractivity contribution in [3.05, 3.63) is 23.9 Å². The Morgan fingerprint density at radius 1 is 1.67 bits per heavy atom. The van der Waals surface area contributed by atoms with E-state index in [1.807, 2.05) is 0 Å². The first-order valence-electron chi connectivity index (χ1n) is 4.86. The maximum absolute atomic E-state index is 11.1. The van der Waals surface area contributed by atoms with Crippen molar-refractivity contribution in [2.75, 3.05) is 18.5 Å². The molecule has 1 aromatic rings. The summed E-state index contributed by atoms with van der Waals surface area (Å²) in [5, 5.41) is 3.15. The Morgan fingerprint density at radius 2 is 2.53 bits per heavy atom. The molecule has 1 aliphatic rings. The maximum atomic E-state index is 11.1. The number of carbonyl (C=O) groups is 1. The summed E-state index contributed by atoms with van der Waals surface area (Å²) in [6.07, 6.45) is 2.55. The van der Waals surface area contributed by atoms with Gasteiger partial charge < -0.3 is 15.8 Å². The Labute approximate surface area is 87.6 Å². The SMILES string of the molecule is NC(=O)c1cccnc1NC1CCOC1. The number of rotatable bonds is 3. The first-order valence-corrected chi connectivity index (χ1v) is 4.86. The summed E-state index contributed by atoms with van der Waals surface area (Å²) in [7, 11) is 0. The Hall–Kier alpha value is -1.62. The van der Waals surface area contributed by atoms with Crippen molar-refractivity contribution in [1.29, 1.82) is 0 Å². The van der Waals surface area contributed by atoms with Crippen LogP contribution in [0.25, 0.3) is 0 Å². The minimum absolute atomic E-state index is 0.220. The highest BCUT2D eigenvalue weighted by atomic mass is 16.5. The van der Waals surface area contributed by atoms with E-state index in [4.69, 9.17) is 10.5 Å². The lowest BCUT2D eigenvalue weighted by Crippen LogP contribution is -2.23. The Bertz CT molecular complexity index is 361. The molecule has 1 aromatic heterocycles. The number of carbonyl (C=O) groups excluding carboxylic acids is 1. The fourth-order valence-corrected chi connectivity index (χ4v) is 1.56. The number of pyridine rings is 1. The van der Waals surface area contributed by atoms with Gasteiger partial charge in [0.1, 0.15) is 5.82 Å². The quantitative estimate of drug-likeness (QED) is 0.751. The van der Waals surface area contributed by atoms with E-state index in [0.29, 0.717) is 18.0 Å². The van der Waals surface area contributed by atoms with Crippen LogP contribution in [-0.4, -0.2) is 30.1 Å². The van der Waals surface area contributed by atoms with E-state index >= 15 is 0 Å². The van der Waals surface area contributed by atoms with Crippen molar-refractivity contribution >= 4 is 11.7 Å². The molecule has 5 heteroatoms. The Kier molecular flexibility index (Phi) is 2.82. The molecule has 1 saturated heterocycles. The second-order valence-electron chi connectivity index (χ2n) is 3.47. The topological polar surface area (TPSA) is 77.2 Å². The lowest BCUT2D eigenvalue weighted by atomic mass is 10.2. The molecule has 0 aliphatic carbocycles. The number of nitrogens with two attached hydrogens (primary N) is 1. The van der Waals surface area contributed by atoms with Crippen LogP contribution in [0.15, 0.2) is 18.3 Å². The molecule has 80 valence electrons. The summed E-state index contributed by atoms with van der Waals surface area (Å²) in [4.78, 5) is 15.2. The van der Waals surface area contributed by atoms with E-state index in [-0.39, 0.29) is 6.04 Å². The van der Waals surface area contributed by atoms with Crippen molar-refractivity contribution in [3.8, 4) is 0 Å². The van der Waals surface area contributed by atoms with Crippen molar-refractivity contribution in [3.63, 3.8) is 0 Å². The summed E-state index contributed by atoms with van der Waals surface area (Å²) in [6.45, 7) is 1.39. The molecular weight excluding hydrogens is 194 g/mol. The van der Waals surface area contributed by atoms with E-state index in [2.05, 4.69) is 10.3 Å². The van der Waals surface area contributed by atoms with E-state index in [9.17, 15) is 4.79 Å². The molecular formula is C10H13N3O2. The molecule has 15 heavy (non-hydrogen) atoms. The summed E-state index contributed by atoms with van der Waals surface area (Å²) >= 11 is 0. The predicted octanol–water partition coefficient (Wildman–Crippen LogP) is 0.381. The first-order chi connectivity index (χ1) is 7.27. The summed E-state index contributed by atoms with van der Waals surface area (Å²) in [6, 6.07) is 3.57. The van der Waals surface area contributed by atoms with Gasteiger partial charge in [-0.15, -0.1) is 0 Å². The number of amides is 1. The van der Waals surface area contributed by atoms with Gasteiger partial charge in [0.25, 0.3) is 5.91 Å². The van der Waals surface area contributed by atoms with Crippen LogP contribution in [0.3, 0.4) is 0 Å². The molecule has 1 aliphatic heterocycles. The molecule has 0 saturated carbocycles. The fraction of sp³-hybridized carbons (Fsp3) is 0.400. The van der Waals surface area contributed by atoms with Gasteiger partial charge in [-0.3, -0.25) is 4.79 Å². The second-order valence-corrected chi connectivity index (χ2v) is 3.47. The zero-order chi connectivity index (χ0) is 10.7. The van der Waals surface area contributed by atoms with Crippen LogP contribution in [0.5, 0.6) is 0 Å². The van der Waals surface area contributed by atoms with Crippen LogP contribution in [0, 0.1) is 0 Å². The number of hydrogen-bond donors (Lipinski definition) is 2. The molecule has 3 N–H and O–H groups in total. The third kappa shape index (κ3) is 2.24. The normalized spacial score (nSPS) is 20.1. The second kappa shape index (κ2) is 4.27. The van der Waals surface area contributed by atoms with Gasteiger partial charge in [0.05, 0.1) is 18.2 Å². The molecule has 0 spiro atoms. The third-order valence-electron chi connectivity index (χ3n) is 2.34. The van der Waals surface area contributed by atoms with Crippen LogP contribution in [-0.2, 0) is 4.74 Å². The average Bonchev–Trinajstić information content (AvgIpc) is 2.71. The smallest absolute Gasteiger partial charge is 0.252 e. The highest BCUT2D eigenvalue weighted by molar-refractivity contribution is 5.97. The molecule has 1 atom stereocenters. The number of hydrogen-bond acceptors (Lipinski definition) is 4. The number of nitrogens with zero attached hydrogens (tertiary/aromatic N) is 1. The summed E-state index contributed by atoms with van der Waals surface area (Å²) < 4.78 is 5.22. The highest BCUT2D eigenvalue weighted by Gasteiger charge is 2.18. The maximum Gasteiger partial charge on any atom is 0.252 e. The van der Waals surface area contributed by atoms with Crippen LogP contribution in [0.1, 0.15) is 16.8 Å². The summed E-state index contributed by atoms with van der Waals surface area (Å²) in [5.74, 6) is 0.0741. The lowest BCUT2D eigenvalue weighted by Gasteiger charge is -2.13. The monoisotopic (exact) mass is 207 g/mol. The van der Waals surface area contributed by atoms with Gasteiger partial charge in [0.2, 0.25) is 0 Å². The molecule has 0 radical (unpaired) electrons. The van der Waals surface area contributed by atoms with Crippen LogP contribution in [0.2, 0.25) is 0 Å². The minimum Gasteiger partial charge on any atom is -0.379 e. The standard InChI is InChI=1S/C10H13N3O2/c11-9(14)8-2-1-4-12-10(8)13-7-3-5-15-6-7/h1-2,4,7H,3,5-6H2,(H2,11,14)(H,12,13).